The van der Waals surface area contributed by atoms with E-state index in [2.05, 4.69) is 14.9 Å². The number of fused-ring (bicyclic) bond motifs is 1. The SMILES string of the molecule is CCOC(=O)CCCN(C(=O)OC(C)(C)C)c1cc2nc(Cl)nc(N3CCOCC3)c2s1. The molecule has 0 N–H and O–H groups in total. The van der Waals surface area contributed by atoms with Crippen molar-refractivity contribution in [2.45, 2.75) is 46.1 Å². The maximum atomic E-state index is 13.0. The fourth-order valence-electron chi connectivity index (χ4n) is 3.22. The number of carbonyl (C=O) groups excluding carboxylic acids is 2. The molecule has 0 spiro atoms. The van der Waals surface area contributed by atoms with Crippen LogP contribution in [-0.2, 0) is 19.0 Å². The van der Waals surface area contributed by atoms with Gasteiger partial charge in [0.1, 0.15) is 10.6 Å². The topological polar surface area (TPSA) is 94.1 Å². The highest BCUT2D eigenvalue weighted by atomic mass is 35.5. The fraction of sp³-hybridized carbons (Fsp3) is 0.619. The van der Waals surface area contributed by atoms with Crippen molar-refractivity contribution >= 4 is 56.0 Å². The Morgan fingerprint density at radius 3 is 2.66 bits per heavy atom. The third-order valence-electron chi connectivity index (χ3n) is 4.57. The van der Waals surface area contributed by atoms with Crippen LogP contribution in [0.15, 0.2) is 6.07 Å². The molecule has 2 aromatic rings. The number of esters is 1. The molecule has 1 aliphatic rings. The van der Waals surface area contributed by atoms with Gasteiger partial charge in [-0.05, 0) is 51.8 Å². The van der Waals surface area contributed by atoms with Crippen molar-refractivity contribution in [1.82, 2.24) is 9.97 Å². The lowest BCUT2D eigenvalue weighted by Crippen LogP contribution is -2.37. The summed E-state index contributed by atoms with van der Waals surface area (Å²) < 4.78 is 16.9. The minimum atomic E-state index is -0.658. The Kier molecular flexibility index (Phi) is 8.13. The van der Waals surface area contributed by atoms with Crippen LogP contribution in [0.4, 0.5) is 15.6 Å². The number of hydrogen-bond donors (Lipinski definition) is 0. The molecule has 1 amide bonds. The molecule has 0 unspecified atom stereocenters. The molecule has 0 bridgehead atoms. The van der Waals surface area contributed by atoms with E-state index in [0.717, 1.165) is 10.5 Å². The monoisotopic (exact) mass is 484 g/mol. The molecule has 3 heterocycles. The Hall–Kier alpha value is -2.17. The van der Waals surface area contributed by atoms with Crippen molar-refractivity contribution in [3.05, 3.63) is 11.3 Å². The molecule has 11 heteroatoms. The first-order valence-corrected chi connectivity index (χ1v) is 11.8. The summed E-state index contributed by atoms with van der Waals surface area (Å²) in [6, 6.07) is 1.81. The lowest BCUT2D eigenvalue weighted by molar-refractivity contribution is -0.143. The van der Waals surface area contributed by atoms with E-state index in [0.29, 0.717) is 56.4 Å². The van der Waals surface area contributed by atoms with Crippen LogP contribution in [0.3, 0.4) is 0 Å². The van der Waals surface area contributed by atoms with Gasteiger partial charge in [-0.1, -0.05) is 0 Å². The van der Waals surface area contributed by atoms with Crippen LogP contribution in [0.1, 0.15) is 40.5 Å². The summed E-state index contributed by atoms with van der Waals surface area (Å²) in [5, 5.41) is 0.804. The Bertz CT molecular complexity index is 956. The highest BCUT2D eigenvalue weighted by molar-refractivity contribution is 7.23. The number of halogens is 1. The second kappa shape index (κ2) is 10.6. The average molecular weight is 485 g/mol. The molecule has 9 nitrogen and oxygen atoms in total. The van der Waals surface area contributed by atoms with Gasteiger partial charge in [0, 0.05) is 26.1 Å². The Balaban J connectivity index is 1.91. The molecular formula is C21H29ClN4O5S. The summed E-state index contributed by atoms with van der Waals surface area (Å²) in [6.45, 7) is 10.5. The van der Waals surface area contributed by atoms with Crippen LogP contribution in [0.5, 0.6) is 0 Å². The van der Waals surface area contributed by atoms with E-state index in [1.54, 1.807) is 6.92 Å². The molecule has 2 aromatic heterocycles. The number of morpholine rings is 1. The van der Waals surface area contributed by atoms with Gasteiger partial charge < -0.3 is 19.1 Å². The summed E-state index contributed by atoms with van der Waals surface area (Å²) in [6.07, 6.45) is 0.164. The van der Waals surface area contributed by atoms with Crippen LogP contribution in [0.2, 0.25) is 5.28 Å². The molecule has 0 radical (unpaired) electrons. The van der Waals surface area contributed by atoms with E-state index >= 15 is 0 Å². The lowest BCUT2D eigenvalue weighted by atomic mass is 10.2. The zero-order chi connectivity index (χ0) is 23.3. The zero-order valence-corrected chi connectivity index (χ0v) is 20.4. The van der Waals surface area contributed by atoms with Gasteiger partial charge in [-0.15, -0.1) is 11.3 Å². The van der Waals surface area contributed by atoms with Crippen molar-refractivity contribution in [1.29, 1.82) is 0 Å². The molecule has 1 fully saturated rings. The van der Waals surface area contributed by atoms with Crippen LogP contribution in [0.25, 0.3) is 10.2 Å². The summed E-state index contributed by atoms with van der Waals surface area (Å²) in [4.78, 5) is 37.2. The first kappa shape index (κ1) is 24.5. The minimum absolute atomic E-state index is 0.148. The number of hydrogen-bond acceptors (Lipinski definition) is 9. The second-order valence-corrected chi connectivity index (χ2v) is 9.62. The normalized spacial score (nSPS) is 14.5. The van der Waals surface area contributed by atoms with Gasteiger partial charge in [0.05, 0.1) is 30.0 Å². The Morgan fingerprint density at radius 1 is 1.28 bits per heavy atom. The first-order valence-electron chi connectivity index (χ1n) is 10.6. The molecule has 3 rings (SSSR count). The van der Waals surface area contributed by atoms with E-state index in [1.807, 2.05) is 26.8 Å². The number of nitrogens with zero attached hydrogens (tertiary/aromatic N) is 4. The molecular weight excluding hydrogens is 456 g/mol. The number of carbonyl (C=O) groups is 2. The first-order chi connectivity index (χ1) is 15.2. The smallest absolute Gasteiger partial charge is 0.415 e. The molecule has 176 valence electrons. The maximum absolute atomic E-state index is 13.0. The van der Waals surface area contributed by atoms with Gasteiger partial charge in [0.15, 0.2) is 5.82 Å². The summed E-state index contributed by atoms with van der Waals surface area (Å²) in [7, 11) is 0. The predicted octanol–water partition coefficient (Wildman–Crippen LogP) is 4.27. The van der Waals surface area contributed by atoms with Crippen molar-refractivity contribution in [3.63, 3.8) is 0 Å². The van der Waals surface area contributed by atoms with Gasteiger partial charge >= 0.3 is 12.1 Å². The van der Waals surface area contributed by atoms with Crippen molar-refractivity contribution in [3.8, 4) is 0 Å². The van der Waals surface area contributed by atoms with Crippen LogP contribution in [-0.4, -0.2) is 67.1 Å². The molecule has 1 aliphatic heterocycles. The number of aromatic nitrogens is 2. The Labute approximate surface area is 196 Å². The largest absolute Gasteiger partial charge is 0.466 e. The van der Waals surface area contributed by atoms with Crippen LogP contribution < -0.4 is 9.80 Å². The zero-order valence-electron chi connectivity index (χ0n) is 18.9. The van der Waals surface area contributed by atoms with Crippen LogP contribution >= 0.6 is 22.9 Å². The highest BCUT2D eigenvalue weighted by Gasteiger charge is 2.27. The standard InChI is InChI=1S/C21H29ClN4O5S/c1-5-30-16(27)7-6-8-26(20(28)31-21(2,3)4)15-13-14-17(32-15)18(24-19(22)23-14)25-9-11-29-12-10-25/h13H,5-12H2,1-4H3. The fourth-order valence-corrected chi connectivity index (χ4v) is 4.52. The van der Waals surface area contributed by atoms with Crippen LogP contribution in [0, 0.1) is 0 Å². The van der Waals surface area contributed by atoms with E-state index in [1.165, 1.54) is 16.2 Å². The summed E-state index contributed by atoms with van der Waals surface area (Å²) in [5.74, 6) is 0.440. The number of rotatable bonds is 7. The molecule has 32 heavy (non-hydrogen) atoms. The minimum Gasteiger partial charge on any atom is -0.466 e. The van der Waals surface area contributed by atoms with E-state index in [-0.39, 0.29) is 17.7 Å². The van der Waals surface area contributed by atoms with E-state index < -0.39 is 11.7 Å². The van der Waals surface area contributed by atoms with Crippen molar-refractivity contribution in [2.24, 2.45) is 0 Å². The number of anilines is 2. The molecule has 0 aliphatic carbocycles. The van der Waals surface area contributed by atoms with E-state index in [4.69, 9.17) is 25.8 Å². The van der Waals surface area contributed by atoms with Gasteiger partial charge in [0.2, 0.25) is 5.28 Å². The van der Waals surface area contributed by atoms with Crippen molar-refractivity contribution < 1.29 is 23.8 Å². The number of thiophene rings is 1. The molecule has 0 aromatic carbocycles. The van der Waals surface area contributed by atoms with Crippen molar-refractivity contribution in [2.75, 3.05) is 49.3 Å². The summed E-state index contributed by atoms with van der Waals surface area (Å²) >= 11 is 7.60. The summed E-state index contributed by atoms with van der Waals surface area (Å²) in [5.41, 5.74) is 0.000310. The molecule has 0 saturated carbocycles. The predicted molar refractivity (Wildman–Crippen MR) is 125 cm³/mol. The lowest BCUT2D eigenvalue weighted by Gasteiger charge is -2.28. The maximum Gasteiger partial charge on any atom is 0.415 e. The number of amides is 1. The van der Waals surface area contributed by atoms with Gasteiger partial charge in [-0.2, -0.15) is 4.98 Å². The number of ether oxygens (including phenoxy) is 3. The average Bonchev–Trinajstić information content (AvgIpc) is 3.13. The molecule has 1 saturated heterocycles. The third kappa shape index (κ3) is 6.43. The quantitative estimate of drug-likeness (QED) is 0.425. The third-order valence-corrected chi connectivity index (χ3v) is 5.88. The second-order valence-electron chi connectivity index (χ2n) is 8.26. The van der Waals surface area contributed by atoms with Gasteiger partial charge in [-0.3, -0.25) is 9.69 Å². The Morgan fingerprint density at radius 2 is 2.00 bits per heavy atom. The van der Waals surface area contributed by atoms with Gasteiger partial charge in [0.25, 0.3) is 0 Å². The van der Waals surface area contributed by atoms with E-state index in [9.17, 15) is 9.59 Å². The van der Waals surface area contributed by atoms with Gasteiger partial charge in [-0.25, -0.2) is 9.78 Å². The molecule has 0 atom stereocenters. The highest BCUT2D eigenvalue weighted by Crippen LogP contribution is 2.38.